The Bertz CT molecular complexity index is 1370. The number of hydrogen-bond acceptors (Lipinski definition) is 6. The van der Waals surface area contributed by atoms with Gasteiger partial charge in [-0.25, -0.2) is 17.6 Å². The van der Waals surface area contributed by atoms with Crippen molar-refractivity contribution in [3.8, 4) is 5.75 Å². The van der Waals surface area contributed by atoms with Crippen LogP contribution in [0.15, 0.2) is 83.8 Å². The number of carbonyl (C=O) groups excluding carboxylic acids is 2. The fourth-order valence-electron chi connectivity index (χ4n) is 4.38. The summed E-state index contributed by atoms with van der Waals surface area (Å²) in [4.78, 5) is 26.3. The quantitative estimate of drug-likeness (QED) is 0.402. The maximum Gasteiger partial charge on any atom is 0.329 e. The number of piperidine rings is 1. The lowest BCUT2D eigenvalue weighted by atomic mass is 10.0. The Morgan fingerprint density at radius 2 is 1.74 bits per heavy atom. The van der Waals surface area contributed by atoms with Crippen LogP contribution in [0.1, 0.15) is 30.4 Å². The largest absolute Gasteiger partial charge is 0.508 e. The fraction of sp³-hybridized carbons (Fsp3) is 0.286. The number of amides is 1. The summed E-state index contributed by atoms with van der Waals surface area (Å²) in [5.41, 5.74) is 1.44. The summed E-state index contributed by atoms with van der Waals surface area (Å²) >= 11 is 0. The predicted molar refractivity (Wildman–Crippen MR) is 138 cm³/mol. The van der Waals surface area contributed by atoms with E-state index in [2.05, 4.69) is 5.32 Å². The van der Waals surface area contributed by atoms with E-state index in [9.17, 15) is 27.5 Å². The lowest BCUT2D eigenvalue weighted by Crippen LogP contribution is -2.55. The van der Waals surface area contributed by atoms with Gasteiger partial charge in [0.15, 0.2) is 0 Å². The number of benzene rings is 3. The van der Waals surface area contributed by atoms with E-state index in [4.69, 9.17) is 4.74 Å². The van der Waals surface area contributed by atoms with Gasteiger partial charge >= 0.3 is 5.97 Å². The number of sulfonamides is 1. The van der Waals surface area contributed by atoms with Gasteiger partial charge in [-0.3, -0.25) is 4.79 Å². The minimum atomic E-state index is -4.16. The van der Waals surface area contributed by atoms with Crippen LogP contribution in [0.25, 0.3) is 0 Å². The van der Waals surface area contributed by atoms with Crippen molar-refractivity contribution in [2.75, 3.05) is 6.54 Å². The molecule has 3 aromatic carbocycles. The third-order valence-electron chi connectivity index (χ3n) is 6.36. The van der Waals surface area contributed by atoms with Gasteiger partial charge in [0.2, 0.25) is 15.9 Å². The summed E-state index contributed by atoms with van der Waals surface area (Å²) in [5, 5.41) is 12.3. The van der Waals surface area contributed by atoms with Gasteiger partial charge in [0.1, 0.15) is 30.3 Å². The molecule has 10 heteroatoms. The van der Waals surface area contributed by atoms with Gasteiger partial charge in [-0.05, 0) is 54.3 Å². The number of aromatic hydroxyl groups is 1. The smallest absolute Gasteiger partial charge is 0.329 e. The number of nitrogens with one attached hydrogen (secondary N) is 1. The van der Waals surface area contributed by atoms with Crippen molar-refractivity contribution in [3.63, 3.8) is 0 Å². The lowest BCUT2D eigenvalue weighted by Gasteiger charge is -2.34. The van der Waals surface area contributed by atoms with E-state index < -0.39 is 39.8 Å². The van der Waals surface area contributed by atoms with Gasteiger partial charge in [0.05, 0.1) is 4.90 Å². The molecule has 0 bridgehead atoms. The molecule has 0 saturated carbocycles. The number of nitrogens with zero attached hydrogens (tertiary/aromatic N) is 1. The van der Waals surface area contributed by atoms with E-state index in [0.717, 1.165) is 22.0 Å². The molecule has 200 valence electrons. The predicted octanol–water partition coefficient (Wildman–Crippen LogP) is 3.55. The van der Waals surface area contributed by atoms with E-state index in [-0.39, 0.29) is 36.6 Å². The number of rotatable bonds is 9. The fourth-order valence-corrected chi connectivity index (χ4v) is 6.06. The van der Waals surface area contributed by atoms with Crippen LogP contribution in [0, 0.1) is 5.82 Å². The summed E-state index contributed by atoms with van der Waals surface area (Å²) in [7, 11) is -4.16. The van der Waals surface area contributed by atoms with Gasteiger partial charge in [-0.15, -0.1) is 0 Å². The van der Waals surface area contributed by atoms with Crippen molar-refractivity contribution in [3.05, 3.63) is 95.8 Å². The second-order valence-corrected chi connectivity index (χ2v) is 11.0. The van der Waals surface area contributed by atoms with E-state index in [1.807, 2.05) is 18.2 Å². The maximum absolute atomic E-state index is 13.8. The lowest BCUT2D eigenvalue weighted by molar-refractivity contribution is -0.149. The third kappa shape index (κ3) is 6.76. The second kappa shape index (κ2) is 12.2. The number of halogens is 1. The molecule has 2 unspecified atom stereocenters. The molecule has 8 nitrogen and oxygen atoms in total. The highest BCUT2D eigenvalue weighted by Gasteiger charge is 2.39. The third-order valence-corrected chi connectivity index (χ3v) is 8.26. The zero-order valence-electron chi connectivity index (χ0n) is 20.6. The molecule has 1 saturated heterocycles. The maximum atomic E-state index is 13.8. The Hall–Kier alpha value is -3.76. The average molecular weight is 541 g/mol. The molecular weight excluding hydrogens is 511 g/mol. The van der Waals surface area contributed by atoms with Crippen LogP contribution in [0.4, 0.5) is 4.39 Å². The molecule has 1 aliphatic rings. The molecule has 2 N–H and O–H groups in total. The van der Waals surface area contributed by atoms with Crippen LogP contribution in [0.3, 0.4) is 0 Å². The van der Waals surface area contributed by atoms with Gasteiger partial charge in [-0.2, -0.15) is 4.31 Å². The van der Waals surface area contributed by atoms with Gasteiger partial charge < -0.3 is 15.2 Å². The van der Waals surface area contributed by atoms with E-state index >= 15 is 0 Å². The van der Waals surface area contributed by atoms with E-state index in [0.29, 0.717) is 18.4 Å². The summed E-state index contributed by atoms with van der Waals surface area (Å²) in [5.74, 6) is -1.95. The van der Waals surface area contributed by atoms with Crippen LogP contribution in [0.2, 0.25) is 0 Å². The zero-order chi connectivity index (χ0) is 27.1. The molecular formula is C28H29FN2O6S. The number of phenolic OH excluding ortho intramolecular Hbond substituents is 1. The van der Waals surface area contributed by atoms with Crippen molar-refractivity contribution < 1.29 is 32.2 Å². The molecule has 0 radical (unpaired) electrons. The molecule has 1 amide bonds. The van der Waals surface area contributed by atoms with Crippen LogP contribution in [-0.2, 0) is 37.4 Å². The molecule has 1 fully saturated rings. The van der Waals surface area contributed by atoms with E-state index in [1.54, 1.807) is 24.3 Å². The van der Waals surface area contributed by atoms with Crippen molar-refractivity contribution in [2.45, 2.75) is 49.3 Å². The number of phenols is 1. The Morgan fingerprint density at radius 1 is 1.00 bits per heavy atom. The van der Waals surface area contributed by atoms with Gasteiger partial charge in [0, 0.05) is 13.0 Å². The van der Waals surface area contributed by atoms with Crippen LogP contribution in [0.5, 0.6) is 5.75 Å². The highest BCUT2D eigenvalue weighted by Crippen LogP contribution is 2.26. The second-order valence-electron chi connectivity index (χ2n) is 9.11. The Labute approximate surface area is 221 Å². The van der Waals surface area contributed by atoms with Crippen LogP contribution < -0.4 is 5.32 Å². The standard InChI is InChI=1S/C28H29FN2O6S/c29-22-9-6-10-24(18-22)38(35,36)31-16-5-4-11-26(31)27(33)30-25(17-20-12-14-23(32)15-13-20)28(34)37-19-21-7-2-1-3-8-21/h1-3,6-10,12-15,18,25-26,32H,4-5,11,16-17,19H2,(H,30,33). The number of carbonyl (C=O) groups is 2. The molecule has 1 heterocycles. The van der Waals surface area contributed by atoms with Crippen LogP contribution in [-0.4, -0.2) is 48.3 Å². The van der Waals surface area contributed by atoms with Crippen molar-refractivity contribution in [1.29, 1.82) is 0 Å². The van der Waals surface area contributed by atoms with Gasteiger partial charge in [0.25, 0.3) is 0 Å². The van der Waals surface area contributed by atoms with Crippen LogP contribution >= 0.6 is 0 Å². The van der Waals surface area contributed by atoms with E-state index in [1.165, 1.54) is 24.3 Å². The Kier molecular flexibility index (Phi) is 8.75. The first kappa shape index (κ1) is 27.3. The number of hydrogen-bond donors (Lipinski definition) is 2. The topological polar surface area (TPSA) is 113 Å². The summed E-state index contributed by atoms with van der Waals surface area (Å²) in [6.45, 7) is 0.100. The molecule has 38 heavy (non-hydrogen) atoms. The van der Waals surface area contributed by atoms with Crippen molar-refractivity contribution in [2.24, 2.45) is 0 Å². The zero-order valence-corrected chi connectivity index (χ0v) is 21.4. The average Bonchev–Trinajstić information content (AvgIpc) is 2.93. The molecule has 1 aliphatic heterocycles. The first-order chi connectivity index (χ1) is 18.2. The minimum Gasteiger partial charge on any atom is -0.508 e. The molecule has 3 aromatic rings. The SMILES string of the molecule is O=C(OCc1ccccc1)C(Cc1ccc(O)cc1)NC(=O)C1CCCCN1S(=O)(=O)c1cccc(F)c1. The van der Waals surface area contributed by atoms with Crippen molar-refractivity contribution >= 4 is 21.9 Å². The van der Waals surface area contributed by atoms with Gasteiger partial charge in [-0.1, -0.05) is 55.0 Å². The first-order valence-corrected chi connectivity index (χ1v) is 13.7. The number of ether oxygens (including phenoxy) is 1. The molecule has 0 aliphatic carbocycles. The van der Waals surface area contributed by atoms with Crippen molar-refractivity contribution in [1.82, 2.24) is 9.62 Å². The normalized spacial score (nSPS) is 16.9. The highest BCUT2D eigenvalue weighted by atomic mass is 32.2. The highest BCUT2D eigenvalue weighted by molar-refractivity contribution is 7.89. The minimum absolute atomic E-state index is 0.00509. The summed E-state index contributed by atoms with van der Waals surface area (Å²) < 4.78 is 47.0. The molecule has 2 atom stereocenters. The summed E-state index contributed by atoms with van der Waals surface area (Å²) in [6, 6.07) is 17.8. The molecule has 0 aromatic heterocycles. The Balaban J connectivity index is 1.54. The summed E-state index contributed by atoms with van der Waals surface area (Å²) in [6.07, 6.45) is 1.50. The number of esters is 1. The molecule has 0 spiro atoms. The first-order valence-electron chi connectivity index (χ1n) is 12.3. The molecule has 4 rings (SSSR count). The monoisotopic (exact) mass is 540 g/mol. The Morgan fingerprint density at radius 3 is 2.45 bits per heavy atom.